The van der Waals surface area contributed by atoms with Gasteiger partial charge in [-0.25, -0.2) is 9.18 Å². The summed E-state index contributed by atoms with van der Waals surface area (Å²) in [7, 11) is 0. The number of halogens is 1. The molecule has 6 heteroatoms. The lowest BCUT2D eigenvalue weighted by Gasteiger charge is -2.36. The highest BCUT2D eigenvalue weighted by atomic mass is 19.1. The Morgan fingerprint density at radius 2 is 1.88 bits per heavy atom. The molecule has 0 spiro atoms. The largest absolute Gasteiger partial charge is 0.341 e. The Morgan fingerprint density at radius 3 is 2.62 bits per heavy atom. The molecule has 3 rings (SSSR count). The summed E-state index contributed by atoms with van der Waals surface area (Å²) in [5, 5.41) is 2.75. The molecular weight excluding hydrogens is 309 g/mol. The van der Waals surface area contributed by atoms with Gasteiger partial charge in [0.05, 0.1) is 12.6 Å². The SMILES string of the molecule is O=C(CNC(=O)N1CCCC[C@H]1c1cccc(F)c1)N1CCCC1. The molecule has 2 fully saturated rings. The number of nitrogens with zero attached hydrogens (tertiary/aromatic N) is 2. The van der Waals surface area contributed by atoms with Crippen molar-refractivity contribution in [3.8, 4) is 0 Å². The van der Waals surface area contributed by atoms with E-state index in [-0.39, 0.29) is 30.3 Å². The molecule has 2 heterocycles. The minimum absolute atomic E-state index is 0.0276. The molecule has 24 heavy (non-hydrogen) atoms. The van der Waals surface area contributed by atoms with Crippen molar-refractivity contribution in [1.82, 2.24) is 15.1 Å². The molecule has 2 aliphatic rings. The van der Waals surface area contributed by atoms with Gasteiger partial charge in [0.25, 0.3) is 0 Å². The molecular formula is C18H24FN3O2. The van der Waals surface area contributed by atoms with E-state index in [9.17, 15) is 14.0 Å². The summed E-state index contributed by atoms with van der Waals surface area (Å²) < 4.78 is 13.5. The molecule has 1 aromatic carbocycles. The normalized spacial score (nSPS) is 21.0. The average molecular weight is 333 g/mol. The molecule has 3 amide bonds. The number of carbonyl (C=O) groups excluding carboxylic acids is 2. The molecule has 0 aromatic heterocycles. The molecule has 0 radical (unpaired) electrons. The predicted molar refractivity (Wildman–Crippen MR) is 88.9 cm³/mol. The third-order valence-electron chi connectivity index (χ3n) is 4.85. The Bertz CT molecular complexity index is 602. The number of hydrogen-bond acceptors (Lipinski definition) is 2. The zero-order valence-electron chi connectivity index (χ0n) is 13.8. The van der Waals surface area contributed by atoms with Crippen molar-refractivity contribution in [1.29, 1.82) is 0 Å². The van der Waals surface area contributed by atoms with Crippen LogP contribution in [0.25, 0.3) is 0 Å². The molecule has 0 unspecified atom stereocenters. The number of nitrogens with one attached hydrogen (secondary N) is 1. The van der Waals surface area contributed by atoms with E-state index in [1.165, 1.54) is 12.1 Å². The molecule has 5 nitrogen and oxygen atoms in total. The number of likely N-dealkylation sites (tertiary alicyclic amines) is 2. The van der Waals surface area contributed by atoms with Crippen LogP contribution in [0.3, 0.4) is 0 Å². The third kappa shape index (κ3) is 3.86. The lowest BCUT2D eigenvalue weighted by molar-refractivity contribution is -0.129. The van der Waals surface area contributed by atoms with E-state index in [2.05, 4.69) is 5.32 Å². The number of carbonyl (C=O) groups is 2. The molecule has 1 aromatic rings. The Labute approximate surface area is 141 Å². The summed E-state index contributed by atoms with van der Waals surface area (Å²) >= 11 is 0. The maximum absolute atomic E-state index is 13.5. The molecule has 1 atom stereocenters. The maximum atomic E-state index is 13.5. The number of rotatable bonds is 3. The number of amides is 3. The number of benzene rings is 1. The van der Waals surface area contributed by atoms with E-state index in [0.29, 0.717) is 6.54 Å². The predicted octanol–water partition coefficient (Wildman–Crippen LogP) is 2.68. The van der Waals surface area contributed by atoms with Crippen LogP contribution >= 0.6 is 0 Å². The van der Waals surface area contributed by atoms with Crippen LogP contribution in [0.5, 0.6) is 0 Å². The first-order valence-corrected chi connectivity index (χ1v) is 8.73. The molecule has 2 aliphatic heterocycles. The molecule has 0 bridgehead atoms. The average Bonchev–Trinajstić information content (AvgIpc) is 3.14. The van der Waals surface area contributed by atoms with Crippen molar-refractivity contribution in [2.75, 3.05) is 26.2 Å². The summed E-state index contributed by atoms with van der Waals surface area (Å²) in [6.07, 6.45) is 4.83. The molecule has 0 aliphatic carbocycles. The summed E-state index contributed by atoms with van der Waals surface area (Å²) in [6, 6.07) is 6.06. The number of piperidine rings is 1. The Kier molecular flexibility index (Phi) is 5.33. The van der Waals surface area contributed by atoms with Gasteiger partial charge >= 0.3 is 6.03 Å². The first-order chi connectivity index (χ1) is 11.6. The highest BCUT2D eigenvalue weighted by molar-refractivity contribution is 5.84. The van der Waals surface area contributed by atoms with Crippen LogP contribution in [0.2, 0.25) is 0 Å². The smallest absolute Gasteiger partial charge is 0.318 e. The fourth-order valence-electron chi connectivity index (χ4n) is 3.57. The van der Waals surface area contributed by atoms with E-state index < -0.39 is 0 Å². The minimum atomic E-state index is -0.289. The van der Waals surface area contributed by atoms with Gasteiger partial charge in [0.15, 0.2) is 0 Å². The van der Waals surface area contributed by atoms with Gasteiger partial charge in [0.2, 0.25) is 5.91 Å². The van der Waals surface area contributed by atoms with E-state index >= 15 is 0 Å². The van der Waals surface area contributed by atoms with Crippen LogP contribution in [0.4, 0.5) is 9.18 Å². The lowest BCUT2D eigenvalue weighted by atomic mass is 9.95. The van der Waals surface area contributed by atoms with Crippen molar-refractivity contribution in [3.05, 3.63) is 35.6 Å². The molecule has 1 N–H and O–H groups in total. The van der Waals surface area contributed by atoms with E-state index in [0.717, 1.165) is 50.8 Å². The summed E-state index contributed by atoms with van der Waals surface area (Å²) in [6.45, 7) is 2.23. The number of hydrogen-bond donors (Lipinski definition) is 1. The second kappa shape index (κ2) is 7.64. The lowest BCUT2D eigenvalue weighted by Crippen LogP contribution is -2.47. The van der Waals surface area contributed by atoms with Crippen molar-refractivity contribution >= 4 is 11.9 Å². The quantitative estimate of drug-likeness (QED) is 0.925. The number of urea groups is 1. The van der Waals surface area contributed by atoms with Crippen LogP contribution in [-0.2, 0) is 4.79 Å². The second-order valence-electron chi connectivity index (χ2n) is 6.51. The summed E-state index contributed by atoms with van der Waals surface area (Å²) in [4.78, 5) is 28.1. The van der Waals surface area contributed by atoms with Gasteiger partial charge < -0.3 is 15.1 Å². The van der Waals surface area contributed by atoms with Gasteiger partial charge in [0.1, 0.15) is 5.82 Å². The molecule has 2 saturated heterocycles. The van der Waals surface area contributed by atoms with Crippen molar-refractivity contribution in [2.24, 2.45) is 0 Å². The van der Waals surface area contributed by atoms with Crippen LogP contribution in [0.15, 0.2) is 24.3 Å². The Morgan fingerprint density at radius 1 is 1.12 bits per heavy atom. The second-order valence-corrected chi connectivity index (χ2v) is 6.51. The zero-order chi connectivity index (χ0) is 16.9. The van der Waals surface area contributed by atoms with Crippen molar-refractivity contribution in [3.63, 3.8) is 0 Å². The van der Waals surface area contributed by atoms with Crippen molar-refractivity contribution < 1.29 is 14.0 Å². The van der Waals surface area contributed by atoms with Gasteiger partial charge in [-0.2, -0.15) is 0 Å². The first kappa shape index (κ1) is 16.7. The van der Waals surface area contributed by atoms with Gasteiger partial charge in [-0.3, -0.25) is 4.79 Å². The Balaban J connectivity index is 1.62. The van der Waals surface area contributed by atoms with E-state index in [1.54, 1.807) is 15.9 Å². The van der Waals surface area contributed by atoms with Gasteiger partial charge in [0, 0.05) is 19.6 Å². The van der Waals surface area contributed by atoms with Gasteiger partial charge in [-0.15, -0.1) is 0 Å². The fraction of sp³-hybridized carbons (Fsp3) is 0.556. The van der Waals surface area contributed by atoms with Gasteiger partial charge in [-0.05, 0) is 49.8 Å². The van der Waals surface area contributed by atoms with E-state index in [1.807, 2.05) is 6.07 Å². The maximum Gasteiger partial charge on any atom is 0.318 e. The Hall–Kier alpha value is -2.11. The van der Waals surface area contributed by atoms with Crippen LogP contribution < -0.4 is 5.32 Å². The topological polar surface area (TPSA) is 52.7 Å². The summed E-state index contributed by atoms with van der Waals surface area (Å²) in [5.41, 5.74) is 0.815. The highest BCUT2D eigenvalue weighted by Crippen LogP contribution is 2.31. The fourth-order valence-corrected chi connectivity index (χ4v) is 3.57. The van der Waals surface area contributed by atoms with Crippen molar-refractivity contribution in [2.45, 2.75) is 38.1 Å². The molecule has 130 valence electrons. The highest BCUT2D eigenvalue weighted by Gasteiger charge is 2.29. The van der Waals surface area contributed by atoms with Crippen LogP contribution in [0.1, 0.15) is 43.7 Å². The van der Waals surface area contributed by atoms with E-state index in [4.69, 9.17) is 0 Å². The first-order valence-electron chi connectivity index (χ1n) is 8.73. The zero-order valence-corrected chi connectivity index (χ0v) is 13.8. The van der Waals surface area contributed by atoms with Crippen LogP contribution in [0, 0.1) is 5.82 Å². The summed E-state index contributed by atoms with van der Waals surface area (Å²) in [5.74, 6) is -0.317. The standard InChI is InChI=1S/C18H24FN3O2/c19-15-7-5-6-14(12-15)16-8-1-2-11-22(16)18(24)20-13-17(23)21-9-3-4-10-21/h5-7,12,16H,1-4,8-11,13H2,(H,20,24)/t16-/m0/s1. The van der Waals surface area contributed by atoms with Crippen LogP contribution in [-0.4, -0.2) is 47.9 Å². The third-order valence-corrected chi connectivity index (χ3v) is 4.85. The monoisotopic (exact) mass is 333 g/mol. The van der Waals surface area contributed by atoms with Gasteiger partial charge in [-0.1, -0.05) is 12.1 Å². The minimum Gasteiger partial charge on any atom is -0.341 e. The molecule has 0 saturated carbocycles.